The van der Waals surface area contributed by atoms with E-state index >= 15 is 0 Å². The van der Waals surface area contributed by atoms with Gasteiger partial charge in [0.2, 0.25) is 0 Å². The number of piperidine rings is 1. The molecule has 0 aliphatic carbocycles. The van der Waals surface area contributed by atoms with Crippen LogP contribution in [0.1, 0.15) is 73.7 Å². The van der Waals surface area contributed by atoms with E-state index in [1.165, 1.54) is 16.1 Å². The summed E-state index contributed by atoms with van der Waals surface area (Å²) < 4.78 is 5.95. The van der Waals surface area contributed by atoms with E-state index in [1.54, 1.807) is 19.3 Å². The average Bonchev–Trinajstić information content (AvgIpc) is 3.47. The van der Waals surface area contributed by atoms with Crippen molar-refractivity contribution in [2.24, 2.45) is 0 Å². The van der Waals surface area contributed by atoms with Gasteiger partial charge >= 0.3 is 0 Å². The van der Waals surface area contributed by atoms with Crippen molar-refractivity contribution in [1.82, 2.24) is 24.9 Å². The summed E-state index contributed by atoms with van der Waals surface area (Å²) in [5, 5.41) is 22.7. The number of oxazole rings is 1. The van der Waals surface area contributed by atoms with E-state index in [-0.39, 0.29) is 17.9 Å². The van der Waals surface area contributed by atoms with Gasteiger partial charge in [0.05, 0.1) is 23.9 Å². The maximum absolute atomic E-state index is 13.4. The number of carbonyl (C=O) groups excluding carboxylic acids is 1. The minimum Gasteiger partial charge on any atom is -0.445 e. The highest BCUT2D eigenvalue weighted by molar-refractivity contribution is 7.08. The lowest BCUT2D eigenvalue weighted by Gasteiger charge is -2.37. The first-order valence-corrected chi connectivity index (χ1v) is 11.2. The lowest BCUT2D eigenvalue weighted by Crippen LogP contribution is -2.45. The lowest BCUT2D eigenvalue weighted by molar-refractivity contribution is 0.0473. The molecule has 1 aliphatic rings. The summed E-state index contributed by atoms with van der Waals surface area (Å²) >= 11 is 1.46. The average molecular weight is 430 g/mol. The maximum atomic E-state index is 13.4. The maximum Gasteiger partial charge on any atom is 0.257 e. The fourth-order valence-corrected chi connectivity index (χ4v) is 4.73. The molecule has 1 saturated heterocycles. The quantitative estimate of drug-likeness (QED) is 0.665. The molecule has 30 heavy (non-hydrogen) atoms. The highest BCUT2D eigenvalue weighted by Crippen LogP contribution is 2.35. The summed E-state index contributed by atoms with van der Waals surface area (Å²) in [5.74, 6) is 1.19. The van der Waals surface area contributed by atoms with Gasteiger partial charge in [0.25, 0.3) is 5.91 Å². The van der Waals surface area contributed by atoms with Crippen LogP contribution in [0.15, 0.2) is 27.6 Å². The minimum atomic E-state index is -1.02. The number of aliphatic hydroxyl groups is 1. The van der Waals surface area contributed by atoms with Crippen molar-refractivity contribution in [3.8, 4) is 5.69 Å². The molecule has 160 valence electrons. The molecule has 9 heteroatoms. The lowest BCUT2D eigenvalue weighted by atomic mass is 9.92. The second-order valence-corrected chi connectivity index (χ2v) is 8.90. The molecule has 1 aliphatic heterocycles. The van der Waals surface area contributed by atoms with Crippen molar-refractivity contribution < 1.29 is 14.3 Å². The molecule has 4 heterocycles. The van der Waals surface area contributed by atoms with Gasteiger partial charge in [0, 0.05) is 23.3 Å². The number of carbonyl (C=O) groups is 1. The van der Waals surface area contributed by atoms with Crippen LogP contribution in [0.4, 0.5) is 0 Å². The van der Waals surface area contributed by atoms with Gasteiger partial charge < -0.3 is 14.4 Å². The van der Waals surface area contributed by atoms with Crippen LogP contribution < -0.4 is 0 Å². The molecule has 1 N–H and O–H groups in total. The van der Waals surface area contributed by atoms with Gasteiger partial charge in [-0.25, -0.2) is 4.98 Å². The Morgan fingerprint density at radius 3 is 2.77 bits per heavy atom. The molecule has 4 rings (SSSR count). The molecular weight excluding hydrogens is 402 g/mol. The minimum absolute atomic E-state index is 0.00447. The molecular formula is C21H27N5O3S. The van der Waals surface area contributed by atoms with Crippen molar-refractivity contribution in [2.45, 2.75) is 64.5 Å². The Morgan fingerprint density at radius 2 is 2.07 bits per heavy atom. The third kappa shape index (κ3) is 3.67. The van der Waals surface area contributed by atoms with Gasteiger partial charge in [-0.1, -0.05) is 6.92 Å². The van der Waals surface area contributed by atoms with Crippen LogP contribution in [0.25, 0.3) is 5.69 Å². The number of aromatic nitrogens is 4. The molecule has 0 spiro atoms. The Kier molecular flexibility index (Phi) is 5.50. The number of aryl methyl sites for hydroxylation is 1. The molecule has 8 nitrogen and oxygen atoms in total. The Morgan fingerprint density at radius 1 is 1.33 bits per heavy atom. The molecule has 0 bridgehead atoms. The molecule has 1 fully saturated rings. The van der Waals surface area contributed by atoms with Gasteiger partial charge in [0.1, 0.15) is 22.7 Å². The molecule has 1 amide bonds. The molecule has 0 saturated carbocycles. The van der Waals surface area contributed by atoms with Crippen molar-refractivity contribution in [3.63, 3.8) is 0 Å². The second kappa shape index (κ2) is 7.96. The van der Waals surface area contributed by atoms with Gasteiger partial charge in [-0.3, -0.25) is 4.79 Å². The fourth-order valence-electron chi connectivity index (χ4n) is 3.95. The molecule has 0 unspecified atom stereocenters. The van der Waals surface area contributed by atoms with Gasteiger partial charge in [-0.05, 0) is 40.0 Å². The zero-order valence-electron chi connectivity index (χ0n) is 17.7. The zero-order chi connectivity index (χ0) is 21.5. The van der Waals surface area contributed by atoms with E-state index in [0.717, 1.165) is 12.8 Å². The fraction of sp³-hybridized carbons (Fsp3) is 0.524. The summed E-state index contributed by atoms with van der Waals surface area (Å²) in [4.78, 5) is 21.4. The third-order valence-electron chi connectivity index (χ3n) is 6.01. The van der Waals surface area contributed by atoms with Crippen molar-refractivity contribution in [2.75, 3.05) is 6.54 Å². The van der Waals surface area contributed by atoms with E-state index in [2.05, 4.69) is 22.1 Å². The van der Waals surface area contributed by atoms with E-state index in [9.17, 15) is 9.90 Å². The van der Waals surface area contributed by atoms with Crippen molar-refractivity contribution >= 4 is 17.2 Å². The summed E-state index contributed by atoms with van der Waals surface area (Å²) in [7, 11) is 0. The SMILES string of the molecule is CC[C@@](C)(O)c1nc([C@@H]2CC[C@@H](C)N(C(=O)c3cscc3-n3nccn3)C2)oc1C. The Hall–Kier alpha value is -2.52. The largest absolute Gasteiger partial charge is 0.445 e. The molecule has 3 aromatic rings. The summed E-state index contributed by atoms with van der Waals surface area (Å²) in [5.41, 5.74) is 0.854. The molecule has 0 radical (unpaired) electrons. The predicted molar refractivity (Wildman–Crippen MR) is 113 cm³/mol. The van der Waals surface area contributed by atoms with Gasteiger partial charge in [-0.2, -0.15) is 10.2 Å². The van der Waals surface area contributed by atoms with Crippen molar-refractivity contribution in [3.05, 3.63) is 46.1 Å². The summed E-state index contributed by atoms with van der Waals surface area (Å²) in [6.07, 6.45) is 5.49. The molecule has 3 aromatic heterocycles. The summed E-state index contributed by atoms with van der Waals surface area (Å²) in [6.45, 7) is 8.10. The first-order valence-electron chi connectivity index (χ1n) is 10.3. The van der Waals surface area contributed by atoms with E-state index < -0.39 is 5.60 Å². The topological polar surface area (TPSA) is 97.3 Å². The van der Waals surface area contributed by atoms with Crippen molar-refractivity contribution in [1.29, 1.82) is 0 Å². The normalized spacial score (nSPS) is 21.6. The van der Waals surface area contributed by atoms with Crippen LogP contribution in [-0.4, -0.2) is 48.5 Å². The van der Waals surface area contributed by atoms with Crippen LogP contribution in [0.2, 0.25) is 0 Å². The van der Waals surface area contributed by atoms with E-state index in [0.29, 0.717) is 41.6 Å². The smallest absolute Gasteiger partial charge is 0.257 e. The third-order valence-corrected chi connectivity index (χ3v) is 6.74. The van der Waals surface area contributed by atoms with E-state index in [1.807, 2.05) is 29.5 Å². The molecule has 0 aromatic carbocycles. The number of thiophene rings is 1. The number of rotatable bonds is 5. The highest BCUT2D eigenvalue weighted by Gasteiger charge is 2.36. The van der Waals surface area contributed by atoms with Crippen LogP contribution >= 0.6 is 11.3 Å². The summed E-state index contributed by atoms with van der Waals surface area (Å²) in [6, 6.07) is 0.112. The highest BCUT2D eigenvalue weighted by atomic mass is 32.1. The van der Waals surface area contributed by atoms with Crippen LogP contribution in [0.5, 0.6) is 0 Å². The number of hydrogen-bond donors (Lipinski definition) is 1. The second-order valence-electron chi connectivity index (χ2n) is 8.15. The Balaban J connectivity index is 1.59. The van der Waals surface area contributed by atoms with Crippen LogP contribution in [0.3, 0.4) is 0 Å². The monoisotopic (exact) mass is 429 g/mol. The van der Waals surface area contributed by atoms with Crippen LogP contribution in [0, 0.1) is 6.92 Å². The first kappa shape index (κ1) is 20.7. The number of nitrogens with zero attached hydrogens (tertiary/aromatic N) is 5. The standard InChI is InChI=1S/C21H27N5O3S/c1-5-21(4,28)18-14(3)29-19(24-18)15-7-6-13(2)25(10-15)20(27)16-11-30-12-17(16)26-22-8-9-23-26/h8-9,11-13,15,28H,5-7,10H2,1-4H3/t13-,15-,21-/m1/s1. The van der Waals surface area contributed by atoms with E-state index in [4.69, 9.17) is 4.42 Å². The first-order chi connectivity index (χ1) is 14.3. The van der Waals surface area contributed by atoms with Gasteiger partial charge in [0.15, 0.2) is 5.89 Å². The number of amides is 1. The predicted octanol–water partition coefficient (Wildman–Crippen LogP) is 3.65. The Labute approximate surface area is 179 Å². The van der Waals surface area contributed by atoms with Crippen LogP contribution in [-0.2, 0) is 5.60 Å². The Bertz CT molecular complexity index is 1020. The zero-order valence-corrected chi connectivity index (χ0v) is 18.5. The number of likely N-dealkylation sites (tertiary alicyclic amines) is 1. The number of hydrogen-bond acceptors (Lipinski definition) is 7. The molecule has 3 atom stereocenters. The van der Waals surface area contributed by atoms with Gasteiger partial charge in [-0.15, -0.1) is 16.1 Å².